The average molecular weight is 447 g/mol. The molecule has 2 fully saturated rings. The van der Waals surface area contributed by atoms with Crippen LogP contribution in [0.25, 0.3) is 21.1 Å². The summed E-state index contributed by atoms with van der Waals surface area (Å²) >= 11 is 1.16. The number of nitrogens with one attached hydrogen (secondary N) is 1. The minimum Gasteiger partial charge on any atom is -0.492 e. The lowest BCUT2D eigenvalue weighted by atomic mass is 10.00. The van der Waals surface area contributed by atoms with Gasteiger partial charge < -0.3 is 19.1 Å². The summed E-state index contributed by atoms with van der Waals surface area (Å²) in [5.41, 5.74) is 0.163. The lowest BCUT2D eigenvalue weighted by Gasteiger charge is -2.28. The third kappa shape index (κ3) is 3.09. The minimum absolute atomic E-state index is 0.111. The van der Waals surface area contributed by atoms with Gasteiger partial charge in [0.2, 0.25) is 5.43 Å². The maximum atomic E-state index is 15.5. The molecule has 1 saturated heterocycles. The molecule has 3 heterocycles. The third-order valence-corrected chi connectivity index (χ3v) is 7.83. The molecule has 5 rings (SSSR count). The normalized spacial score (nSPS) is 20.3. The number of pyridine rings is 1. The SMILES string of the molecule is COc1c(N2CCC([C@@H](C)N(C)C)C2)c(F)cc2c(=O)c3c(=O)[nH]sc3n(C3CC3)c12. The fourth-order valence-electron chi connectivity index (χ4n) is 4.89. The van der Waals surface area contributed by atoms with Gasteiger partial charge in [0, 0.05) is 25.2 Å². The zero-order chi connectivity index (χ0) is 22.0. The predicted octanol–water partition coefficient (Wildman–Crippen LogP) is 3.16. The van der Waals surface area contributed by atoms with Crippen molar-refractivity contribution in [1.82, 2.24) is 13.8 Å². The number of halogens is 1. The Morgan fingerprint density at radius 3 is 2.68 bits per heavy atom. The largest absolute Gasteiger partial charge is 0.492 e. The molecule has 31 heavy (non-hydrogen) atoms. The molecule has 166 valence electrons. The van der Waals surface area contributed by atoms with Crippen LogP contribution < -0.4 is 20.6 Å². The Labute approximate surface area is 183 Å². The van der Waals surface area contributed by atoms with Crippen LogP contribution >= 0.6 is 11.5 Å². The van der Waals surface area contributed by atoms with Crippen LogP contribution in [0.1, 0.15) is 32.2 Å². The number of hydrogen-bond donors (Lipinski definition) is 1. The molecule has 3 aromatic rings. The minimum atomic E-state index is -0.479. The van der Waals surface area contributed by atoms with E-state index >= 15 is 4.39 Å². The number of methoxy groups -OCH3 is 1. The van der Waals surface area contributed by atoms with Crippen LogP contribution in [0.15, 0.2) is 15.7 Å². The summed E-state index contributed by atoms with van der Waals surface area (Å²) in [4.78, 5) is 30.3. The van der Waals surface area contributed by atoms with E-state index in [9.17, 15) is 9.59 Å². The number of aromatic amines is 1. The quantitative estimate of drug-likeness (QED) is 0.652. The fourth-order valence-corrected chi connectivity index (χ4v) is 5.81. The molecular weight excluding hydrogens is 419 g/mol. The maximum Gasteiger partial charge on any atom is 0.271 e. The second kappa shape index (κ2) is 7.34. The van der Waals surface area contributed by atoms with Crippen molar-refractivity contribution in [2.75, 3.05) is 39.2 Å². The number of ether oxygens (including phenoxy) is 1. The first-order valence-corrected chi connectivity index (χ1v) is 11.5. The Kier molecular flexibility index (Phi) is 4.86. The standard InChI is InChI=1S/C22H27FN4O3S/c1-11(25(2)3)12-7-8-26(10-12)18-15(23)9-14-17(20(18)30-4)27(13-5-6-13)22-16(19(14)28)21(29)24-31-22/h9,11-13H,5-8,10H2,1-4H3,(H,24,29)/t11-,12?/m1/s1. The van der Waals surface area contributed by atoms with E-state index in [0.717, 1.165) is 43.9 Å². The van der Waals surface area contributed by atoms with Crippen LogP contribution in [0.4, 0.5) is 10.1 Å². The van der Waals surface area contributed by atoms with Crippen LogP contribution in [0.5, 0.6) is 5.75 Å². The molecule has 1 aliphatic carbocycles. The van der Waals surface area contributed by atoms with Crippen molar-refractivity contribution in [3.05, 3.63) is 32.5 Å². The van der Waals surface area contributed by atoms with E-state index in [1.807, 2.05) is 9.47 Å². The first kappa shape index (κ1) is 20.5. The average Bonchev–Trinajstić information content (AvgIpc) is 3.33. The lowest BCUT2D eigenvalue weighted by molar-refractivity contribution is 0.240. The number of rotatable bonds is 5. The van der Waals surface area contributed by atoms with Gasteiger partial charge in [0.1, 0.15) is 15.9 Å². The van der Waals surface area contributed by atoms with E-state index < -0.39 is 16.8 Å². The van der Waals surface area contributed by atoms with Gasteiger partial charge in [0.05, 0.1) is 18.0 Å². The third-order valence-electron chi connectivity index (χ3n) is 6.95. The summed E-state index contributed by atoms with van der Waals surface area (Å²) in [5, 5.41) is 0.318. The Hall–Kier alpha value is -2.39. The molecule has 0 radical (unpaired) electrons. The summed E-state index contributed by atoms with van der Waals surface area (Å²) in [6.07, 6.45) is 2.89. The van der Waals surface area contributed by atoms with Crippen LogP contribution in [0, 0.1) is 11.7 Å². The number of benzene rings is 1. The monoisotopic (exact) mass is 446 g/mol. The van der Waals surface area contributed by atoms with Gasteiger partial charge in [-0.3, -0.25) is 14.0 Å². The lowest BCUT2D eigenvalue weighted by Crippen LogP contribution is -2.34. The van der Waals surface area contributed by atoms with Gasteiger partial charge >= 0.3 is 0 Å². The predicted molar refractivity (Wildman–Crippen MR) is 122 cm³/mol. The van der Waals surface area contributed by atoms with Crippen molar-refractivity contribution in [3.63, 3.8) is 0 Å². The van der Waals surface area contributed by atoms with Crippen molar-refractivity contribution < 1.29 is 9.13 Å². The van der Waals surface area contributed by atoms with E-state index in [4.69, 9.17) is 4.74 Å². The van der Waals surface area contributed by atoms with Gasteiger partial charge in [-0.1, -0.05) is 0 Å². The highest BCUT2D eigenvalue weighted by Crippen LogP contribution is 2.46. The van der Waals surface area contributed by atoms with Crippen molar-refractivity contribution in [1.29, 1.82) is 0 Å². The van der Waals surface area contributed by atoms with Gasteiger partial charge in [0.15, 0.2) is 11.6 Å². The number of nitrogens with zero attached hydrogens (tertiary/aromatic N) is 3. The Bertz CT molecular complexity index is 1290. The molecule has 1 unspecified atom stereocenters. The first-order chi connectivity index (χ1) is 14.8. The van der Waals surface area contributed by atoms with E-state index in [1.54, 1.807) is 0 Å². The molecule has 2 atom stereocenters. The Balaban J connectivity index is 1.76. The van der Waals surface area contributed by atoms with Crippen molar-refractivity contribution in [2.24, 2.45) is 5.92 Å². The molecule has 9 heteroatoms. The second-order valence-electron chi connectivity index (χ2n) is 8.98. The molecule has 1 aromatic carbocycles. The van der Waals surface area contributed by atoms with Crippen LogP contribution in [-0.2, 0) is 0 Å². The molecule has 2 aromatic heterocycles. The Morgan fingerprint density at radius 2 is 2.03 bits per heavy atom. The van der Waals surface area contributed by atoms with Gasteiger partial charge in [-0.15, -0.1) is 0 Å². The summed E-state index contributed by atoms with van der Waals surface area (Å²) in [5.74, 6) is 0.325. The number of fused-ring (bicyclic) bond motifs is 2. The van der Waals surface area contributed by atoms with Crippen LogP contribution in [0.2, 0.25) is 0 Å². The van der Waals surface area contributed by atoms with E-state index in [-0.39, 0.29) is 16.8 Å². The fraction of sp³-hybridized carbons (Fsp3) is 0.545. The molecule has 0 spiro atoms. The summed E-state index contributed by atoms with van der Waals surface area (Å²) < 4.78 is 26.0. The summed E-state index contributed by atoms with van der Waals surface area (Å²) in [6.45, 7) is 3.65. The number of aromatic nitrogens is 2. The van der Waals surface area contributed by atoms with E-state index in [2.05, 4.69) is 30.3 Å². The van der Waals surface area contributed by atoms with Crippen molar-refractivity contribution in [3.8, 4) is 5.75 Å². The number of anilines is 1. The highest BCUT2D eigenvalue weighted by Gasteiger charge is 2.35. The molecule has 1 saturated carbocycles. The molecule has 2 aliphatic rings. The van der Waals surface area contributed by atoms with Gasteiger partial charge in [0.25, 0.3) is 5.56 Å². The van der Waals surface area contributed by atoms with Crippen molar-refractivity contribution in [2.45, 2.75) is 38.3 Å². The highest BCUT2D eigenvalue weighted by molar-refractivity contribution is 7.12. The number of H-pyrrole nitrogens is 1. The van der Waals surface area contributed by atoms with Gasteiger partial charge in [-0.25, -0.2) is 4.39 Å². The molecule has 1 aliphatic heterocycles. The topological polar surface area (TPSA) is 70.6 Å². The first-order valence-electron chi connectivity index (χ1n) is 10.7. The zero-order valence-corrected chi connectivity index (χ0v) is 19.0. The second-order valence-corrected chi connectivity index (χ2v) is 9.77. The van der Waals surface area contributed by atoms with Gasteiger partial charge in [-0.05, 0) is 63.8 Å². The molecular formula is C22H27FN4O3S. The van der Waals surface area contributed by atoms with Gasteiger partial charge in [-0.2, -0.15) is 0 Å². The highest BCUT2D eigenvalue weighted by atomic mass is 32.1. The molecule has 0 bridgehead atoms. The summed E-state index contributed by atoms with van der Waals surface area (Å²) in [7, 11) is 5.65. The smallest absolute Gasteiger partial charge is 0.271 e. The summed E-state index contributed by atoms with van der Waals surface area (Å²) in [6, 6.07) is 1.86. The van der Waals surface area contributed by atoms with Crippen LogP contribution in [-0.4, -0.2) is 54.2 Å². The maximum absolute atomic E-state index is 15.5. The zero-order valence-electron chi connectivity index (χ0n) is 18.2. The van der Waals surface area contributed by atoms with Crippen LogP contribution in [0.3, 0.4) is 0 Å². The van der Waals surface area contributed by atoms with E-state index in [1.165, 1.54) is 13.2 Å². The molecule has 0 amide bonds. The van der Waals surface area contributed by atoms with E-state index in [0.29, 0.717) is 33.7 Å². The number of hydrogen-bond acceptors (Lipinski definition) is 6. The molecule has 1 N–H and O–H groups in total. The Morgan fingerprint density at radius 1 is 1.29 bits per heavy atom. The molecule has 7 nitrogen and oxygen atoms in total. The van der Waals surface area contributed by atoms with Crippen molar-refractivity contribution >= 4 is 38.3 Å².